The number of phenolic OH excluding ortho intramolecular Hbond substituents is 2. The van der Waals surface area contributed by atoms with Gasteiger partial charge in [-0.3, -0.25) is 9.98 Å². The number of phenols is 2. The Bertz CT molecular complexity index is 1670. The fraction of sp³-hybridized carbons (Fsp3) is 0.381. The van der Waals surface area contributed by atoms with Crippen LogP contribution in [-0.4, -0.2) is 48.9 Å². The van der Waals surface area contributed by atoms with Crippen LogP contribution in [0.5, 0.6) is 40.2 Å². The average Bonchev–Trinajstić information content (AvgIpc) is 3.08. The van der Waals surface area contributed by atoms with Crippen molar-refractivity contribution in [3.05, 3.63) is 101 Å². The Morgan fingerprint density at radius 3 is 1.43 bits per heavy atom. The predicted octanol–water partition coefficient (Wildman–Crippen LogP) is 9.11. The number of para-hydroxylation sites is 1. The zero-order valence-electron chi connectivity index (χ0n) is 30.9. The molecule has 1 aliphatic rings. The first-order valence-corrected chi connectivity index (χ1v) is 17.1. The molecule has 0 saturated heterocycles. The van der Waals surface area contributed by atoms with Crippen LogP contribution in [0.1, 0.15) is 89.5 Å². The zero-order valence-corrected chi connectivity index (χ0v) is 32.1. The summed E-state index contributed by atoms with van der Waals surface area (Å²) in [6, 6.07) is 23.1. The van der Waals surface area contributed by atoms with E-state index in [2.05, 4.69) is 41.5 Å². The Morgan fingerprint density at radius 1 is 0.627 bits per heavy atom. The molecule has 1 fully saturated rings. The molecule has 1 radical (unpaired) electrons. The maximum Gasteiger partial charge on any atom is 0.128 e. The summed E-state index contributed by atoms with van der Waals surface area (Å²) in [5, 5.41) is 32.7. The first-order chi connectivity index (χ1) is 23.7. The van der Waals surface area contributed by atoms with Crippen LogP contribution in [0.25, 0.3) is 0 Å². The molecule has 2 atom stereocenters. The largest absolute Gasteiger partial charge is 0.872 e. The van der Waals surface area contributed by atoms with Crippen molar-refractivity contribution in [2.75, 3.05) is 14.2 Å². The molecular formula is C42H51MnN2O6-. The van der Waals surface area contributed by atoms with Gasteiger partial charge in [-0.15, -0.1) is 5.75 Å². The average molecular weight is 735 g/mol. The van der Waals surface area contributed by atoms with Crippen molar-refractivity contribution in [2.45, 2.75) is 90.1 Å². The van der Waals surface area contributed by atoms with Crippen molar-refractivity contribution in [1.29, 1.82) is 0 Å². The first kappa shape index (κ1) is 41.0. The van der Waals surface area contributed by atoms with Crippen molar-refractivity contribution in [3.63, 3.8) is 0 Å². The summed E-state index contributed by atoms with van der Waals surface area (Å²) < 4.78 is 16.5. The van der Waals surface area contributed by atoms with Crippen LogP contribution < -0.4 is 19.3 Å². The van der Waals surface area contributed by atoms with E-state index in [4.69, 9.17) is 24.2 Å². The third-order valence-corrected chi connectivity index (χ3v) is 8.62. The number of nitrogens with zero attached hydrogens (tertiary/aromatic N) is 2. The summed E-state index contributed by atoms with van der Waals surface area (Å²) >= 11 is 0. The Kier molecular flexibility index (Phi) is 14.6. The minimum absolute atomic E-state index is 0. The second-order valence-corrected chi connectivity index (χ2v) is 14.6. The Hall–Kier alpha value is -4.46. The van der Waals surface area contributed by atoms with Crippen LogP contribution in [0.2, 0.25) is 0 Å². The maximum atomic E-state index is 10.9. The van der Waals surface area contributed by atoms with Crippen molar-refractivity contribution < 1.29 is 46.6 Å². The van der Waals surface area contributed by atoms with Crippen LogP contribution in [0.15, 0.2) is 88.8 Å². The Morgan fingerprint density at radius 2 is 1.04 bits per heavy atom. The van der Waals surface area contributed by atoms with Crippen LogP contribution in [0.4, 0.5) is 0 Å². The van der Waals surface area contributed by atoms with Gasteiger partial charge in [-0.1, -0.05) is 84.7 Å². The van der Waals surface area contributed by atoms with Gasteiger partial charge < -0.3 is 29.5 Å². The van der Waals surface area contributed by atoms with E-state index in [0.29, 0.717) is 28.4 Å². The molecule has 1 saturated carbocycles. The molecule has 273 valence electrons. The number of aromatic hydroxyl groups is 2. The molecule has 0 bridgehead atoms. The van der Waals surface area contributed by atoms with Crippen molar-refractivity contribution in [3.8, 4) is 40.2 Å². The van der Waals surface area contributed by atoms with Gasteiger partial charge in [-0.05, 0) is 72.2 Å². The predicted molar refractivity (Wildman–Crippen MR) is 200 cm³/mol. The van der Waals surface area contributed by atoms with E-state index in [0.717, 1.165) is 42.6 Å². The van der Waals surface area contributed by atoms with Crippen molar-refractivity contribution in [1.82, 2.24) is 0 Å². The van der Waals surface area contributed by atoms with Crippen LogP contribution in [0.3, 0.4) is 0 Å². The van der Waals surface area contributed by atoms with Gasteiger partial charge in [0.15, 0.2) is 0 Å². The molecule has 0 spiro atoms. The van der Waals surface area contributed by atoms with Gasteiger partial charge in [0.2, 0.25) is 0 Å². The van der Waals surface area contributed by atoms with E-state index in [-0.39, 0.29) is 57.2 Å². The number of benzene rings is 4. The van der Waals surface area contributed by atoms with Gasteiger partial charge >= 0.3 is 0 Å². The fourth-order valence-corrected chi connectivity index (χ4v) is 5.76. The molecule has 0 heterocycles. The van der Waals surface area contributed by atoms with E-state index in [9.17, 15) is 15.3 Å². The number of ether oxygens (including phenoxy) is 3. The normalized spacial score (nSPS) is 16.2. The molecular weight excluding hydrogens is 683 g/mol. The third-order valence-electron chi connectivity index (χ3n) is 8.62. The monoisotopic (exact) mass is 734 g/mol. The topological polar surface area (TPSA) is 116 Å². The molecule has 0 unspecified atom stereocenters. The summed E-state index contributed by atoms with van der Waals surface area (Å²) in [5.41, 5.74) is 2.47. The molecule has 51 heavy (non-hydrogen) atoms. The third kappa shape index (κ3) is 11.5. The first-order valence-electron chi connectivity index (χ1n) is 17.1. The molecule has 1 aliphatic carbocycles. The molecule has 9 heteroatoms. The summed E-state index contributed by atoms with van der Waals surface area (Å²) in [4.78, 5) is 9.76. The second kappa shape index (κ2) is 18.2. The van der Waals surface area contributed by atoms with Crippen LogP contribution in [-0.2, 0) is 27.9 Å². The summed E-state index contributed by atoms with van der Waals surface area (Å²) in [6.45, 7) is 12.4. The molecule has 4 aromatic rings. The molecule has 4 aromatic carbocycles. The van der Waals surface area contributed by atoms with Gasteiger partial charge in [-0.25, -0.2) is 0 Å². The summed E-state index contributed by atoms with van der Waals surface area (Å²) in [6.07, 6.45) is 7.53. The van der Waals surface area contributed by atoms with E-state index < -0.39 is 0 Å². The van der Waals surface area contributed by atoms with Gasteiger partial charge in [0.1, 0.15) is 34.5 Å². The fourth-order valence-electron chi connectivity index (χ4n) is 5.76. The SMILES string of the molecule is COc1cc(C=N[C@@H]2CCCC[C@H]2N=Cc2cc(OC)cc(C(C)(C)C)c2O)c(O)c(C(C)(C)C)c1.[Mn].[O-]c1ccc(Oc2ccccc2)cc1. The van der Waals surface area contributed by atoms with E-state index in [1.807, 2.05) is 54.6 Å². The quantitative estimate of drug-likeness (QED) is 0.138. The van der Waals surface area contributed by atoms with E-state index >= 15 is 0 Å². The Labute approximate surface area is 313 Å². The number of methoxy groups -OCH3 is 2. The van der Waals surface area contributed by atoms with E-state index in [1.165, 1.54) is 12.1 Å². The standard InChI is InChI=1S/C30H42N2O4.C12H10O2.Mn/c1-29(2,3)23-15-21(35-7)13-19(27(23)33)17-31-25-11-9-10-12-26(25)32-18-20-14-22(36-8)16-24(28(20)34)30(4,5)6;13-10-6-8-12(9-7-10)14-11-4-2-1-3-5-11;/h13-18,25-26,33-34H,9-12H2,1-8H3;1-9,13H;/p-1/t25-,26-;;/m1../s1. The minimum atomic E-state index is -0.233. The van der Waals surface area contributed by atoms with Crippen LogP contribution >= 0.6 is 0 Å². The minimum Gasteiger partial charge on any atom is -0.872 e. The second-order valence-electron chi connectivity index (χ2n) is 14.6. The Balaban J connectivity index is 0.000000389. The smallest absolute Gasteiger partial charge is 0.128 e. The van der Waals surface area contributed by atoms with E-state index in [1.54, 1.807) is 38.8 Å². The number of rotatable bonds is 8. The van der Waals surface area contributed by atoms with Gasteiger partial charge in [0.25, 0.3) is 0 Å². The van der Waals surface area contributed by atoms with Crippen molar-refractivity contribution >= 4 is 12.4 Å². The van der Waals surface area contributed by atoms with Crippen LogP contribution in [0, 0.1) is 0 Å². The van der Waals surface area contributed by atoms with Gasteiger partial charge in [-0.2, -0.15) is 0 Å². The molecule has 2 N–H and O–H groups in total. The maximum absolute atomic E-state index is 10.9. The molecule has 0 aliphatic heterocycles. The molecule has 0 aromatic heterocycles. The summed E-state index contributed by atoms with van der Waals surface area (Å²) in [5.74, 6) is 3.30. The zero-order chi connectivity index (χ0) is 36.5. The number of hydrogen-bond donors (Lipinski definition) is 2. The van der Waals surface area contributed by atoms with Gasteiger partial charge in [0, 0.05) is 51.8 Å². The molecule has 8 nitrogen and oxygen atoms in total. The molecule has 5 rings (SSSR count). The number of hydrogen-bond acceptors (Lipinski definition) is 8. The number of aliphatic imine (C=N–C) groups is 2. The molecule has 0 amide bonds. The summed E-state index contributed by atoms with van der Waals surface area (Å²) in [7, 11) is 3.26. The van der Waals surface area contributed by atoms with Crippen molar-refractivity contribution in [2.24, 2.45) is 9.98 Å². The van der Waals surface area contributed by atoms with Gasteiger partial charge in [0.05, 0.1) is 26.3 Å².